The van der Waals surface area contributed by atoms with Crippen molar-refractivity contribution in [2.45, 2.75) is 13.0 Å². The lowest BCUT2D eigenvalue weighted by Gasteiger charge is -2.13. The van der Waals surface area contributed by atoms with Crippen LogP contribution in [0.2, 0.25) is 0 Å². The van der Waals surface area contributed by atoms with E-state index in [1.807, 2.05) is 18.2 Å². The molecule has 0 radical (unpaired) electrons. The maximum Gasteiger partial charge on any atom is 0.266 e. The normalized spacial score (nSPS) is 12.1. The van der Waals surface area contributed by atoms with Crippen LogP contribution in [0.3, 0.4) is 0 Å². The Kier molecular flexibility index (Phi) is 4.02. The molecule has 1 N–H and O–H groups in total. The molecular formula is C16H13FN2O2S. The summed E-state index contributed by atoms with van der Waals surface area (Å²) in [4.78, 5) is 16.4. The highest BCUT2D eigenvalue weighted by Gasteiger charge is 2.16. The summed E-state index contributed by atoms with van der Waals surface area (Å²) in [6, 6.07) is 13.4. The van der Waals surface area contributed by atoms with Gasteiger partial charge < -0.3 is 4.74 Å². The number of carbonyl (C=O) groups excluding carboxylic acids is 1. The van der Waals surface area contributed by atoms with Crippen molar-refractivity contribution in [1.29, 1.82) is 0 Å². The number of carbonyl (C=O) groups is 1. The van der Waals surface area contributed by atoms with Gasteiger partial charge >= 0.3 is 0 Å². The van der Waals surface area contributed by atoms with Crippen molar-refractivity contribution >= 4 is 32.6 Å². The highest BCUT2D eigenvalue weighted by molar-refractivity contribution is 7.22. The van der Waals surface area contributed by atoms with Gasteiger partial charge in [-0.3, -0.25) is 10.1 Å². The number of rotatable bonds is 4. The molecule has 1 atom stereocenters. The zero-order valence-corrected chi connectivity index (χ0v) is 12.6. The Morgan fingerprint density at radius 1 is 1.27 bits per heavy atom. The van der Waals surface area contributed by atoms with Gasteiger partial charge in [0.15, 0.2) is 11.2 Å². The number of ether oxygens (including phenoxy) is 1. The molecule has 4 nitrogen and oxygen atoms in total. The minimum absolute atomic E-state index is 0.302. The number of fused-ring (bicyclic) bond motifs is 1. The van der Waals surface area contributed by atoms with Crippen molar-refractivity contribution in [3.63, 3.8) is 0 Å². The number of nitrogens with zero attached hydrogens (tertiary/aromatic N) is 1. The fourth-order valence-electron chi connectivity index (χ4n) is 1.92. The van der Waals surface area contributed by atoms with Crippen LogP contribution >= 0.6 is 11.3 Å². The Balaban J connectivity index is 1.69. The highest BCUT2D eigenvalue weighted by atomic mass is 32.1. The van der Waals surface area contributed by atoms with Gasteiger partial charge in [0.1, 0.15) is 11.6 Å². The van der Waals surface area contributed by atoms with Crippen molar-refractivity contribution < 1.29 is 13.9 Å². The summed E-state index contributed by atoms with van der Waals surface area (Å²) in [6.07, 6.45) is -0.661. The Morgan fingerprint density at radius 3 is 2.82 bits per heavy atom. The molecule has 0 spiro atoms. The molecule has 3 rings (SSSR count). The zero-order chi connectivity index (χ0) is 15.5. The van der Waals surface area contributed by atoms with Gasteiger partial charge in [0.25, 0.3) is 5.91 Å². The fraction of sp³-hybridized carbons (Fsp3) is 0.125. The Labute approximate surface area is 130 Å². The maximum atomic E-state index is 13.2. The fourth-order valence-corrected chi connectivity index (χ4v) is 2.81. The van der Waals surface area contributed by atoms with Crippen LogP contribution in [0.1, 0.15) is 6.92 Å². The molecule has 0 saturated heterocycles. The summed E-state index contributed by atoms with van der Waals surface area (Å²) in [7, 11) is 0. The van der Waals surface area contributed by atoms with E-state index in [0.717, 1.165) is 0 Å². The summed E-state index contributed by atoms with van der Waals surface area (Å²) in [5, 5.41) is 3.12. The van der Waals surface area contributed by atoms with Gasteiger partial charge in [-0.15, -0.1) is 0 Å². The molecule has 3 aromatic rings. The molecular weight excluding hydrogens is 303 g/mol. The van der Waals surface area contributed by atoms with Crippen LogP contribution in [0.25, 0.3) is 10.2 Å². The average molecular weight is 316 g/mol. The summed E-state index contributed by atoms with van der Waals surface area (Å²) in [6.45, 7) is 1.66. The number of aromatic nitrogens is 1. The first-order valence-corrected chi connectivity index (χ1v) is 7.52. The van der Waals surface area contributed by atoms with Crippen LogP contribution < -0.4 is 10.1 Å². The smallest absolute Gasteiger partial charge is 0.266 e. The molecule has 0 unspecified atom stereocenters. The van der Waals surface area contributed by atoms with Crippen LogP contribution in [-0.4, -0.2) is 17.0 Å². The van der Waals surface area contributed by atoms with Gasteiger partial charge in [-0.2, -0.15) is 0 Å². The summed E-state index contributed by atoms with van der Waals surface area (Å²) < 4.78 is 19.4. The number of anilines is 1. The molecule has 2 aromatic carbocycles. The molecule has 6 heteroatoms. The summed E-state index contributed by atoms with van der Waals surface area (Å²) in [5.74, 6) is -0.00490. The predicted octanol–water partition coefficient (Wildman–Crippen LogP) is 3.84. The SMILES string of the molecule is C[C@H](Oc1ccccc1)C(=O)Nc1nc2ccc(F)cc2s1. The van der Waals surface area contributed by atoms with Crippen molar-refractivity contribution in [3.05, 3.63) is 54.3 Å². The quantitative estimate of drug-likeness (QED) is 0.795. The number of para-hydroxylation sites is 1. The largest absolute Gasteiger partial charge is 0.481 e. The molecule has 1 aromatic heterocycles. The van der Waals surface area contributed by atoms with Crippen molar-refractivity contribution in [2.24, 2.45) is 0 Å². The van der Waals surface area contributed by atoms with Gasteiger partial charge in [-0.1, -0.05) is 29.5 Å². The second-order valence-corrected chi connectivity index (χ2v) is 5.72. The lowest BCUT2D eigenvalue weighted by Crippen LogP contribution is -2.30. The topological polar surface area (TPSA) is 51.2 Å². The first kappa shape index (κ1) is 14.5. The molecule has 0 saturated carbocycles. The second kappa shape index (κ2) is 6.11. The van der Waals surface area contributed by atoms with E-state index in [-0.39, 0.29) is 11.7 Å². The molecule has 0 aliphatic heterocycles. The number of nitrogens with one attached hydrogen (secondary N) is 1. The average Bonchev–Trinajstić information content (AvgIpc) is 2.89. The molecule has 0 fully saturated rings. The van der Waals surface area contributed by atoms with E-state index in [4.69, 9.17) is 4.74 Å². The van der Waals surface area contributed by atoms with E-state index >= 15 is 0 Å². The van der Waals surface area contributed by atoms with Crippen LogP contribution in [0, 0.1) is 5.82 Å². The van der Waals surface area contributed by atoms with Gasteiger partial charge in [-0.05, 0) is 37.3 Å². The number of thiazole rings is 1. The van der Waals surface area contributed by atoms with Crippen molar-refractivity contribution in [2.75, 3.05) is 5.32 Å². The molecule has 1 amide bonds. The minimum atomic E-state index is -0.661. The number of benzene rings is 2. The number of halogens is 1. The number of hydrogen-bond donors (Lipinski definition) is 1. The van der Waals surface area contributed by atoms with Crippen LogP contribution in [-0.2, 0) is 4.79 Å². The van der Waals surface area contributed by atoms with Crippen LogP contribution in [0.15, 0.2) is 48.5 Å². The molecule has 0 aliphatic carbocycles. The Bertz CT molecular complexity index is 804. The second-order valence-electron chi connectivity index (χ2n) is 4.69. The van der Waals surface area contributed by atoms with E-state index in [1.54, 1.807) is 25.1 Å². The van der Waals surface area contributed by atoms with Gasteiger partial charge in [0.2, 0.25) is 0 Å². The third-order valence-electron chi connectivity index (χ3n) is 3.01. The van der Waals surface area contributed by atoms with Gasteiger partial charge in [0.05, 0.1) is 10.2 Å². The highest BCUT2D eigenvalue weighted by Crippen LogP contribution is 2.26. The van der Waals surface area contributed by atoms with E-state index < -0.39 is 6.10 Å². The molecule has 0 bridgehead atoms. The van der Waals surface area contributed by atoms with E-state index in [9.17, 15) is 9.18 Å². The van der Waals surface area contributed by atoms with Crippen LogP contribution in [0.5, 0.6) is 5.75 Å². The lowest BCUT2D eigenvalue weighted by molar-refractivity contribution is -0.122. The standard InChI is InChI=1S/C16H13FN2O2S/c1-10(21-12-5-3-2-4-6-12)15(20)19-16-18-13-8-7-11(17)9-14(13)22-16/h2-10H,1H3,(H,18,19,20)/t10-/m0/s1. The first-order chi connectivity index (χ1) is 10.6. The Hall–Kier alpha value is -2.47. The lowest BCUT2D eigenvalue weighted by atomic mass is 10.3. The summed E-state index contributed by atoms with van der Waals surface area (Å²) in [5.41, 5.74) is 0.651. The van der Waals surface area contributed by atoms with E-state index in [2.05, 4.69) is 10.3 Å². The molecule has 1 heterocycles. The van der Waals surface area contributed by atoms with Crippen molar-refractivity contribution in [3.8, 4) is 5.75 Å². The van der Waals surface area contributed by atoms with Gasteiger partial charge in [0, 0.05) is 0 Å². The van der Waals surface area contributed by atoms with Crippen LogP contribution in [0.4, 0.5) is 9.52 Å². The van der Waals surface area contributed by atoms with E-state index in [0.29, 0.717) is 21.1 Å². The number of amides is 1. The molecule has 22 heavy (non-hydrogen) atoms. The minimum Gasteiger partial charge on any atom is -0.481 e. The zero-order valence-electron chi connectivity index (χ0n) is 11.7. The van der Waals surface area contributed by atoms with E-state index in [1.165, 1.54) is 23.5 Å². The summed E-state index contributed by atoms with van der Waals surface area (Å²) >= 11 is 1.22. The third-order valence-corrected chi connectivity index (χ3v) is 3.94. The Morgan fingerprint density at radius 2 is 2.05 bits per heavy atom. The molecule has 112 valence electrons. The van der Waals surface area contributed by atoms with Crippen molar-refractivity contribution in [1.82, 2.24) is 4.98 Å². The molecule has 0 aliphatic rings. The maximum absolute atomic E-state index is 13.2. The first-order valence-electron chi connectivity index (χ1n) is 6.70. The monoisotopic (exact) mass is 316 g/mol. The van der Waals surface area contributed by atoms with Gasteiger partial charge in [-0.25, -0.2) is 9.37 Å². The third kappa shape index (κ3) is 3.23. The predicted molar refractivity (Wildman–Crippen MR) is 84.7 cm³/mol. The number of hydrogen-bond acceptors (Lipinski definition) is 4.